The lowest BCUT2D eigenvalue weighted by Crippen LogP contribution is -2.23. The molecular weight excluding hydrogens is 292 g/mol. The molecule has 0 spiro atoms. The van der Waals surface area contributed by atoms with Crippen molar-refractivity contribution in [2.45, 2.75) is 18.0 Å². The van der Waals surface area contributed by atoms with Gasteiger partial charge in [0.15, 0.2) is 0 Å². The second kappa shape index (κ2) is 6.75. The van der Waals surface area contributed by atoms with Crippen molar-refractivity contribution in [1.82, 2.24) is 10.0 Å². The van der Waals surface area contributed by atoms with Crippen molar-refractivity contribution in [3.8, 4) is 5.75 Å². The van der Waals surface area contributed by atoms with E-state index in [0.717, 1.165) is 5.56 Å². The molecule has 2 aromatic rings. The Hall–Kier alpha value is -1.83. The van der Waals surface area contributed by atoms with Crippen LogP contribution < -0.4 is 14.8 Å². The third kappa shape index (κ3) is 3.84. The number of ether oxygens (including phenoxy) is 1. The van der Waals surface area contributed by atoms with E-state index in [1.54, 1.807) is 38.4 Å². The Balaban J connectivity index is 2.20. The molecule has 0 bridgehead atoms. The van der Waals surface area contributed by atoms with Crippen LogP contribution in [0.2, 0.25) is 0 Å². The minimum absolute atomic E-state index is 0.114. The average Bonchev–Trinajstić information content (AvgIpc) is 2.99. The zero-order valence-electron chi connectivity index (χ0n) is 11.9. The lowest BCUT2D eigenvalue weighted by atomic mass is 10.2. The molecule has 0 fully saturated rings. The standard InChI is InChI=1S/C14H18N2O4S/c1-15-9-11-8-13(5-6-14(11)19-2)21(17,18)16-10-12-4-3-7-20-12/h3-8,15-16H,9-10H2,1-2H3. The molecule has 0 aliphatic heterocycles. The first-order valence-corrected chi connectivity index (χ1v) is 7.88. The van der Waals surface area contributed by atoms with Crippen molar-refractivity contribution in [1.29, 1.82) is 0 Å². The van der Waals surface area contributed by atoms with Gasteiger partial charge in [0.05, 0.1) is 24.8 Å². The molecule has 0 atom stereocenters. The fourth-order valence-corrected chi connectivity index (χ4v) is 2.96. The van der Waals surface area contributed by atoms with Crippen LogP contribution in [0.5, 0.6) is 5.75 Å². The Morgan fingerprint density at radius 2 is 2.05 bits per heavy atom. The first-order valence-electron chi connectivity index (χ1n) is 6.40. The smallest absolute Gasteiger partial charge is 0.240 e. The van der Waals surface area contributed by atoms with Crippen molar-refractivity contribution in [3.05, 3.63) is 47.9 Å². The minimum atomic E-state index is -3.60. The summed E-state index contributed by atoms with van der Waals surface area (Å²) in [5.74, 6) is 1.21. The van der Waals surface area contributed by atoms with Crippen LogP contribution in [0.3, 0.4) is 0 Å². The first-order chi connectivity index (χ1) is 10.1. The van der Waals surface area contributed by atoms with Crippen molar-refractivity contribution >= 4 is 10.0 Å². The van der Waals surface area contributed by atoms with Crippen LogP contribution in [-0.2, 0) is 23.1 Å². The molecule has 1 heterocycles. The van der Waals surface area contributed by atoms with Gasteiger partial charge in [-0.15, -0.1) is 0 Å². The molecular formula is C14H18N2O4S. The summed E-state index contributed by atoms with van der Waals surface area (Å²) >= 11 is 0. The number of hydrogen-bond donors (Lipinski definition) is 2. The molecule has 0 amide bonds. The number of furan rings is 1. The van der Waals surface area contributed by atoms with Gasteiger partial charge in [-0.05, 0) is 37.4 Å². The van der Waals surface area contributed by atoms with E-state index in [-0.39, 0.29) is 11.4 Å². The van der Waals surface area contributed by atoms with Crippen LogP contribution in [0, 0.1) is 0 Å². The highest BCUT2D eigenvalue weighted by atomic mass is 32.2. The molecule has 2 rings (SSSR count). The fourth-order valence-electron chi connectivity index (χ4n) is 1.91. The van der Waals surface area contributed by atoms with E-state index in [1.165, 1.54) is 12.3 Å². The predicted molar refractivity (Wildman–Crippen MR) is 78.5 cm³/mol. The summed E-state index contributed by atoms with van der Waals surface area (Å²) in [6.45, 7) is 0.632. The van der Waals surface area contributed by atoms with Gasteiger partial charge in [0.2, 0.25) is 10.0 Å². The van der Waals surface area contributed by atoms with E-state index < -0.39 is 10.0 Å². The molecule has 6 nitrogen and oxygen atoms in total. The highest BCUT2D eigenvalue weighted by Crippen LogP contribution is 2.22. The topological polar surface area (TPSA) is 80.6 Å². The monoisotopic (exact) mass is 310 g/mol. The molecule has 0 aliphatic rings. The molecule has 1 aromatic heterocycles. The SMILES string of the molecule is CNCc1cc(S(=O)(=O)NCc2ccco2)ccc1OC. The molecule has 0 radical (unpaired) electrons. The summed E-state index contributed by atoms with van der Waals surface area (Å²) in [6, 6.07) is 8.18. The van der Waals surface area contributed by atoms with Gasteiger partial charge in [0.1, 0.15) is 11.5 Å². The summed E-state index contributed by atoms with van der Waals surface area (Å²) < 4.78 is 37.4. The van der Waals surface area contributed by atoms with Crippen molar-refractivity contribution < 1.29 is 17.6 Å². The Bertz CT molecular complexity index is 681. The second-order valence-corrected chi connectivity index (χ2v) is 6.17. The molecule has 0 aliphatic carbocycles. The largest absolute Gasteiger partial charge is 0.496 e. The maximum Gasteiger partial charge on any atom is 0.240 e. The Morgan fingerprint density at radius 3 is 2.67 bits per heavy atom. The van der Waals surface area contributed by atoms with Gasteiger partial charge in [-0.1, -0.05) is 0 Å². The number of methoxy groups -OCH3 is 1. The summed E-state index contributed by atoms with van der Waals surface area (Å²) in [7, 11) is -0.255. The zero-order valence-corrected chi connectivity index (χ0v) is 12.7. The van der Waals surface area contributed by atoms with Gasteiger partial charge in [0.25, 0.3) is 0 Å². The number of benzene rings is 1. The van der Waals surface area contributed by atoms with E-state index in [1.807, 2.05) is 0 Å². The Kier molecular flexibility index (Phi) is 5.00. The second-order valence-electron chi connectivity index (χ2n) is 4.41. The number of hydrogen-bond acceptors (Lipinski definition) is 5. The molecule has 0 saturated carbocycles. The molecule has 114 valence electrons. The maximum atomic E-state index is 12.3. The van der Waals surface area contributed by atoms with Gasteiger partial charge in [0, 0.05) is 12.1 Å². The maximum absolute atomic E-state index is 12.3. The average molecular weight is 310 g/mol. The van der Waals surface area contributed by atoms with Crippen molar-refractivity contribution in [2.75, 3.05) is 14.2 Å². The van der Waals surface area contributed by atoms with Gasteiger partial charge < -0.3 is 14.5 Å². The lowest BCUT2D eigenvalue weighted by Gasteiger charge is -2.11. The third-order valence-electron chi connectivity index (χ3n) is 2.95. The van der Waals surface area contributed by atoms with E-state index >= 15 is 0 Å². The molecule has 1 aromatic carbocycles. The van der Waals surface area contributed by atoms with Gasteiger partial charge >= 0.3 is 0 Å². The van der Waals surface area contributed by atoms with E-state index in [2.05, 4.69) is 10.0 Å². The van der Waals surface area contributed by atoms with Gasteiger partial charge in [-0.2, -0.15) is 0 Å². The zero-order chi connectivity index (χ0) is 15.3. The van der Waals surface area contributed by atoms with Crippen molar-refractivity contribution in [2.24, 2.45) is 0 Å². The third-order valence-corrected chi connectivity index (χ3v) is 4.34. The minimum Gasteiger partial charge on any atom is -0.496 e. The van der Waals surface area contributed by atoms with Crippen LogP contribution in [0.1, 0.15) is 11.3 Å². The molecule has 0 unspecified atom stereocenters. The summed E-state index contributed by atoms with van der Waals surface area (Å²) in [5.41, 5.74) is 0.779. The highest BCUT2D eigenvalue weighted by Gasteiger charge is 2.16. The quantitative estimate of drug-likeness (QED) is 0.810. The van der Waals surface area contributed by atoms with Crippen molar-refractivity contribution in [3.63, 3.8) is 0 Å². The van der Waals surface area contributed by atoms with E-state index in [4.69, 9.17) is 9.15 Å². The molecule has 0 saturated heterocycles. The van der Waals surface area contributed by atoms with Crippen LogP contribution in [0.15, 0.2) is 45.9 Å². The molecule has 2 N–H and O–H groups in total. The predicted octanol–water partition coefficient (Wildman–Crippen LogP) is 1.49. The number of nitrogens with one attached hydrogen (secondary N) is 2. The van der Waals surface area contributed by atoms with E-state index in [9.17, 15) is 8.42 Å². The van der Waals surface area contributed by atoms with Gasteiger partial charge in [-0.25, -0.2) is 13.1 Å². The van der Waals surface area contributed by atoms with E-state index in [0.29, 0.717) is 18.1 Å². The number of rotatable bonds is 7. The van der Waals surface area contributed by atoms with Crippen LogP contribution >= 0.6 is 0 Å². The molecule has 7 heteroatoms. The fraction of sp³-hybridized carbons (Fsp3) is 0.286. The van der Waals surface area contributed by atoms with Crippen LogP contribution in [-0.4, -0.2) is 22.6 Å². The molecule has 21 heavy (non-hydrogen) atoms. The Labute approximate surface area is 124 Å². The summed E-state index contributed by atoms with van der Waals surface area (Å²) in [4.78, 5) is 0.195. The summed E-state index contributed by atoms with van der Waals surface area (Å²) in [6.07, 6.45) is 1.50. The normalized spacial score (nSPS) is 11.5. The first kappa shape index (κ1) is 15.6. The van der Waals surface area contributed by atoms with Gasteiger partial charge in [-0.3, -0.25) is 0 Å². The van der Waals surface area contributed by atoms with Crippen LogP contribution in [0.4, 0.5) is 0 Å². The number of sulfonamides is 1. The Morgan fingerprint density at radius 1 is 1.24 bits per heavy atom. The lowest BCUT2D eigenvalue weighted by molar-refractivity contribution is 0.408. The summed E-state index contributed by atoms with van der Waals surface area (Å²) in [5, 5.41) is 2.98. The van der Waals surface area contributed by atoms with Crippen LogP contribution in [0.25, 0.3) is 0 Å². The highest BCUT2D eigenvalue weighted by molar-refractivity contribution is 7.89.